The van der Waals surface area contributed by atoms with E-state index in [0.717, 1.165) is 24.5 Å². The number of urea groups is 1. The van der Waals surface area contributed by atoms with Crippen molar-refractivity contribution in [2.45, 2.75) is 26.7 Å². The molecule has 116 valence electrons. The number of rotatable bonds is 5. The van der Waals surface area contributed by atoms with Gasteiger partial charge < -0.3 is 19.9 Å². The summed E-state index contributed by atoms with van der Waals surface area (Å²) in [5, 5.41) is 2.96. The zero-order chi connectivity index (χ0) is 15.2. The summed E-state index contributed by atoms with van der Waals surface area (Å²) in [6.07, 6.45) is 2.46. The Labute approximate surface area is 126 Å². The van der Waals surface area contributed by atoms with E-state index in [9.17, 15) is 4.79 Å². The van der Waals surface area contributed by atoms with Gasteiger partial charge in [-0.05, 0) is 44.9 Å². The molecule has 2 amide bonds. The predicted octanol–water partition coefficient (Wildman–Crippen LogP) is 3.17. The molecule has 0 unspecified atom stereocenters. The number of hydrogen-bond acceptors (Lipinski definition) is 3. The molecule has 1 aliphatic rings. The van der Waals surface area contributed by atoms with Gasteiger partial charge in [-0.15, -0.1) is 0 Å². The Kier molecular flexibility index (Phi) is 5.31. The molecule has 21 heavy (non-hydrogen) atoms. The van der Waals surface area contributed by atoms with Gasteiger partial charge in [0.05, 0.1) is 12.8 Å². The van der Waals surface area contributed by atoms with E-state index < -0.39 is 0 Å². The van der Waals surface area contributed by atoms with Crippen molar-refractivity contribution in [3.05, 3.63) is 18.2 Å². The highest BCUT2D eigenvalue weighted by molar-refractivity contribution is 5.91. The number of nitrogens with zero attached hydrogens (tertiary/aromatic N) is 2. The van der Waals surface area contributed by atoms with E-state index in [0.29, 0.717) is 18.8 Å². The Bertz CT molecular complexity index is 480. The topological polar surface area (TPSA) is 44.8 Å². The van der Waals surface area contributed by atoms with Crippen LogP contribution in [-0.4, -0.2) is 44.2 Å². The van der Waals surface area contributed by atoms with Gasteiger partial charge in [0.25, 0.3) is 0 Å². The molecule has 0 atom stereocenters. The standard InChI is InChI=1S/C16H25N3O2/c1-4-18(5-2)16(20)17-14-12-13(8-9-15(14)21-3)19-10-6-7-11-19/h8-9,12H,4-7,10-11H2,1-3H3,(H,17,20). The fraction of sp³-hybridized carbons (Fsp3) is 0.562. The van der Waals surface area contributed by atoms with E-state index in [-0.39, 0.29) is 6.03 Å². The lowest BCUT2D eigenvalue weighted by molar-refractivity contribution is 0.217. The average Bonchev–Trinajstić information content (AvgIpc) is 3.02. The summed E-state index contributed by atoms with van der Waals surface area (Å²) in [6.45, 7) is 7.49. The molecule has 0 radical (unpaired) electrons. The molecule has 1 aromatic rings. The molecular weight excluding hydrogens is 266 g/mol. The molecule has 0 saturated carbocycles. The van der Waals surface area contributed by atoms with E-state index in [1.807, 2.05) is 26.0 Å². The molecule has 0 spiro atoms. The van der Waals surface area contributed by atoms with Gasteiger partial charge in [-0.2, -0.15) is 0 Å². The van der Waals surface area contributed by atoms with Gasteiger partial charge in [-0.1, -0.05) is 0 Å². The number of carbonyl (C=O) groups is 1. The van der Waals surface area contributed by atoms with Crippen LogP contribution in [0.4, 0.5) is 16.2 Å². The lowest BCUT2D eigenvalue weighted by Crippen LogP contribution is -2.34. The van der Waals surface area contributed by atoms with Crippen LogP contribution in [-0.2, 0) is 0 Å². The normalized spacial score (nSPS) is 14.1. The van der Waals surface area contributed by atoms with Gasteiger partial charge in [0.1, 0.15) is 5.75 Å². The minimum absolute atomic E-state index is 0.0862. The molecule has 5 nitrogen and oxygen atoms in total. The number of amides is 2. The maximum Gasteiger partial charge on any atom is 0.321 e. The second-order valence-corrected chi connectivity index (χ2v) is 5.18. The number of methoxy groups -OCH3 is 1. The van der Waals surface area contributed by atoms with Crippen molar-refractivity contribution >= 4 is 17.4 Å². The second-order valence-electron chi connectivity index (χ2n) is 5.18. The summed E-state index contributed by atoms with van der Waals surface area (Å²) in [5.74, 6) is 0.693. The van der Waals surface area contributed by atoms with Crippen molar-refractivity contribution in [1.29, 1.82) is 0 Å². The van der Waals surface area contributed by atoms with Gasteiger partial charge in [-0.3, -0.25) is 0 Å². The quantitative estimate of drug-likeness (QED) is 0.906. The van der Waals surface area contributed by atoms with Crippen LogP contribution in [0.25, 0.3) is 0 Å². The molecule has 1 N–H and O–H groups in total. The molecule has 2 rings (SSSR count). The fourth-order valence-electron chi connectivity index (χ4n) is 2.67. The smallest absolute Gasteiger partial charge is 0.321 e. The molecule has 0 bridgehead atoms. The maximum atomic E-state index is 12.2. The van der Waals surface area contributed by atoms with Gasteiger partial charge in [0.15, 0.2) is 0 Å². The first-order valence-electron chi connectivity index (χ1n) is 7.68. The molecule has 1 aliphatic heterocycles. The Balaban J connectivity index is 2.19. The van der Waals surface area contributed by atoms with Crippen LogP contribution in [0.15, 0.2) is 18.2 Å². The molecule has 1 saturated heterocycles. The third kappa shape index (κ3) is 3.60. The van der Waals surface area contributed by atoms with Crippen LogP contribution in [0.1, 0.15) is 26.7 Å². The highest BCUT2D eigenvalue weighted by atomic mass is 16.5. The summed E-state index contributed by atoms with van der Waals surface area (Å²) >= 11 is 0. The Hall–Kier alpha value is -1.91. The first kappa shape index (κ1) is 15.5. The highest BCUT2D eigenvalue weighted by Gasteiger charge is 2.16. The fourth-order valence-corrected chi connectivity index (χ4v) is 2.67. The highest BCUT2D eigenvalue weighted by Crippen LogP contribution is 2.31. The zero-order valence-electron chi connectivity index (χ0n) is 13.2. The second kappa shape index (κ2) is 7.20. The summed E-state index contributed by atoms with van der Waals surface area (Å²) < 4.78 is 5.36. The molecule has 0 aliphatic carbocycles. The molecule has 1 aromatic carbocycles. The third-order valence-corrected chi connectivity index (χ3v) is 3.95. The van der Waals surface area contributed by atoms with Crippen molar-refractivity contribution in [3.63, 3.8) is 0 Å². The first-order valence-corrected chi connectivity index (χ1v) is 7.68. The van der Waals surface area contributed by atoms with Gasteiger partial charge in [-0.25, -0.2) is 4.79 Å². The number of benzene rings is 1. The molecular formula is C16H25N3O2. The minimum atomic E-state index is -0.0862. The molecule has 1 fully saturated rings. The van der Waals surface area contributed by atoms with Crippen LogP contribution in [0.3, 0.4) is 0 Å². The van der Waals surface area contributed by atoms with E-state index in [1.165, 1.54) is 12.8 Å². The monoisotopic (exact) mass is 291 g/mol. The molecule has 0 aromatic heterocycles. The zero-order valence-corrected chi connectivity index (χ0v) is 13.2. The summed E-state index contributed by atoms with van der Waals surface area (Å²) in [5.41, 5.74) is 1.88. The summed E-state index contributed by atoms with van der Waals surface area (Å²) in [4.78, 5) is 16.3. The van der Waals surface area contributed by atoms with E-state index in [1.54, 1.807) is 12.0 Å². The van der Waals surface area contributed by atoms with Crippen molar-refractivity contribution in [2.75, 3.05) is 43.5 Å². The third-order valence-electron chi connectivity index (χ3n) is 3.95. The summed E-state index contributed by atoms with van der Waals surface area (Å²) in [6, 6.07) is 5.89. The number of hydrogen-bond donors (Lipinski definition) is 1. The van der Waals surface area contributed by atoms with Crippen LogP contribution in [0, 0.1) is 0 Å². The van der Waals surface area contributed by atoms with Crippen molar-refractivity contribution in [3.8, 4) is 5.75 Å². The van der Waals surface area contributed by atoms with E-state index in [2.05, 4.69) is 16.3 Å². The minimum Gasteiger partial charge on any atom is -0.495 e. The number of carbonyl (C=O) groups excluding carboxylic acids is 1. The van der Waals surface area contributed by atoms with Crippen LogP contribution in [0.5, 0.6) is 5.75 Å². The van der Waals surface area contributed by atoms with Crippen LogP contribution in [0.2, 0.25) is 0 Å². The van der Waals surface area contributed by atoms with Crippen molar-refractivity contribution in [1.82, 2.24) is 4.90 Å². The van der Waals surface area contributed by atoms with E-state index >= 15 is 0 Å². The molecule has 5 heteroatoms. The number of anilines is 2. The number of ether oxygens (including phenoxy) is 1. The van der Waals surface area contributed by atoms with Crippen molar-refractivity contribution < 1.29 is 9.53 Å². The SMILES string of the molecule is CCN(CC)C(=O)Nc1cc(N2CCCC2)ccc1OC. The Morgan fingerprint density at radius 3 is 2.52 bits per heavy atom. The Morgan fingerprint density at radius 1 is 1.29 bits per heavy atom. The van der Waals surface area contributed by atoms with Gasteiger partial charge in [0.2, 0.25) is 0 Å². The molecule has 1 heterocycles. The van der Waals surface area contributed by atoms with Crippen LogP contribution < -0.4 is 15.0 Å². The summed E-state index contributed by atoms with van der Waals surface area (Å²) in [7, 11) is 1.62. The van der Waals surface area contributed by atoms with E-state index in [4.69, 9.17) is 4.74 Å². The lowest BCUT2D eigenvalue weighted by atomic mass is 10.2. The lowest BCUT2D eigenvalue weighted by Gasteiger charge is -2.22. The van der Waals surface area contributed by atoms with Crippen LogP contribution >= 0.6 is 0 Å². The Morgan fingerprint density at radius 2 is 1.95 bits per heavy atom. The first-order chi connectivity index (χ1) is 10.2. The van der Waals surface area contributed by atoms with Gasteiger partial charge in [0, 0.05) is 31.9 Å². The largest absolute Gasteiger partial charge is 0.495 e. The van der Waals surface area contributed by atoms with Gasteiger partial charge >= 0.3 is 6.03 Å². The number of nitrogens with one attached hydrogen (secondary N) is 1. The maximum absolute atomic E-state index is 12.2. The predicted molar refractivity (Wildman–Crippen MR) is 86.4 cm³/mol. The average molecular weight is 291 g/mol. The van der Waals surface area contributed by atoms with Crippen molar-refractivity contribution in [2.24, 2.45) is 0 Å².